The molecule has 0 fully saturated rings. The van der Waals surface area contributed by atoms with Crippen LogP contribution in [0.2, 0.25) is 0 Å². The maximum Gasteiger partial charge on any atom is 0.151 e. The van der Waals surface area contributed by atoms with Crippen LogP contribution in [0.15, 0.2) is 0 Å². The molecular weight excluding hydrogens is 264 g/mol. The zero-order chi connectivity index (χ0) is 15.0. The standard InChI is InChI=1S/C10H18O9/c11-1-5(15)9(17)7(3-13)19-8(4-14)10(18)6(16)2-12/h3-12,15-18H,1-2H2/t5-,6-,7+,8+,9+,10+/m1/s1. The molecule has 0 bridgehead atoms. The van der Waals surface area contributed by atoms with Crippen molar-refractivity contribution in [1.82, 2.24) is 0 Å². The van der Waals surface area contributed by atoms with E-state index in [-0.39, 0.29) is 12.6 Å². The van der Waals surface area contributed by atoms with Crippen molar-refractivity contribution < 1.29 is 45.0 Å². The molecule has 0 rings (SSSR count). The number of ether oxygens (including phenoxy) is 1. The van der Waals surface area contributed by atoms with Crippen molar-refractivity contribution in [2.24, 2.45) is 0 Å². The molecule has 0 radical (unpaired) electrons. The fourth-order valence-electron chi connectivity index (χ4n) is 1.22. The Labute approximate surface area is 108 Å². The summed E-state index contributed by atoms with van der Waals surface area (Å²) in [7, 11) is 0. The SMILES string of the molecule is O=C[C@H](O[C@@H](C=O)[C@@H](O)[C@H](O)CO)[C@@H](O)[C@H](O)CO. The normalized spacial score (nSPS) is 20.9. The van der Waals surface area contributed by atoms with Gasteiger partial charge in [-0.1, -0.05) is 0 Å². The van der Waals surface area contributed by atoms with E-state index in [9.17, 15) is 19.8 Å². The number of carbonyl (C=O) groups excluding carboxylic acids is 2. The monoisotopic (exact) mass is 282 g/mol. The van der Waals surface area contributed by atoms with E-state index in [1.54, 1.807) is 0 Å². The second-order valence-corrected chi connectivity index (χ2v) is 3.82. The summed E-state index contributed by atoms with van der Waals surface area (Å²) in [6.45, 7) is -1.69. The van der Waals surface area contributed by atoms with Crippen molar-refractivity contribution in [2.75, 3.05) is 13.2 Å². The second kappa shape index (κ2) is 9.04. The van der Waals surface area contributed by atoms with Crippen LogP contribution < -0.4 is 0 Å². The third-order valence-electron chi connectivity index (χ3n) is 2.42. The Hall–Kier alpha value is -0.940. The van der Waals surface area contributed by atoms with E-state index in [0.717, 1.165) is 0 Å². The van der Waals surface area contributed by atoms with Crippen LogP contribution in [0.5, 0.6) is 0 Å². The second-order valence-electron chi connectivity index (χ2n) is 3.82. The highest BCUT2D eigenvalue weighted by Gasteiger charge is 2.33. The summed E-state index contributed by atoms with van der Waals surface area (Å²) in [5.74, 6) is 0. The Morgan fingerprint density at radius 1 is 0.789 bits per heavy atom. The fourth-order valence-corrected chi connectivity index (χ4v) is 1.22. The zero-order valence-electron chi connectivity index (χ0n) is 9.94. The lowest BCUT2D eigenvalue weighted by Crippen LogP contribution is -2.49. The molecule has 112 valence electrons. The van der Waals surface area contributed by atoms with Crippen LogP contribution >= 0.6 is 0 Å². The molecule has 0 saturated heterocycles. The van der Waals surface area contributed by atoms with Gasteiger partial charge < -0.3 is 45.0 Å². The highest BCUT2D eigenvalue weighted by Crippen LogP contribution is 2.10. The zero-order valence-corrected chi connectivity index (χ0v) is 9.94. The summed E-state index contributed by atoms with van der Waals surface area (Å²) < 4.78 is 4.74. The van der Waals surface area contributed by atoms with Crippen molar-refractivity contribution >= 4 is 12.6 Å². The van der Waals surface area contributed by atoms with Crippen molar-refractivity contribution in [2.45, 2.75) is 36.6 Å². The first kappa shape index (κ1) is 18.1. The highest BCUT2D eigenvalue weighted by atomic mass is 16.5. The minimum absolute atomic E-state index is 0.0676. The third-order valence-corrected chi connectivity index (χ3v) is 2.42. The molecule has 0 spiro atoms. The van der Waals surface area contributed by atoms with Gasteiger partial charge in [0.25, 0.3) is 0 Å². The lowest BCUT2D eigenvalue weighted by molar-refractivity contribution is -0.169. The lowest BCUT2D eigenvalue weighted by atomic mass is 10.1. The molecule has 0 aromatic heterocycles. The number of carbonyl (C=O) groups is 2. The van der Waals surface area contributed by atoms with Crippen molar-refractivity contribution in [1.29, 1.82) is 0 Å². The number of rotatable bonds is 10. The quantitative estimate of drug-likeness (QED) is 0.217. The highest BCUT2D eigenvalue weighted by molar-refractivity contribution is 5.61. The lowest BCUT2D eigenvalue weighted by Gasteiger charge is -2.27. The summed E-state index contributed by atoms with van der Waals surface area (Å²) in [6, 6.07) is 0. The van der Waals surface area contributed by atoms with Gasteiger partial charge in [-0.3, -0.25) is 0 Å². The van der Waals surface area contributed by atoms with Crippen LogP contribution in [0.25, 0.3) is 0 Å². The van der Waals surface area contributed by atoms with E-state index in [1.165, 1.54) is 0 Å². The van der Waals surface area contributed by atoms with E-state index in [1.807, 2.05) is 0 Å². The number of hydrogen-bond donors (Lipinski definition) is 6. The predicted molar refractivity (Wildman–Crippen MR) is 59.0 cm³/mol. The van der Waals surface area contributed by atoms with Gasteiger partial charge in [-0.15, -0.1) is 0 Å². The molecule has 0 amide bonds. The first-order valence-electron chi connectivity index (χ1n) is 5.42. The molecule has 9 heteroatoms. The molecule has 6 atom stereocenters. The Kier molecular flexibility index (Phi) is 8.59. The largest absolute Gasteiger partial charge is 0.394 e. The minimum Gasteiger partial charge on any atom is -0.394 e. The average molecular weight is 282 g/mol. The number of aliphatic hydroxyl groups excluding tert-OH is 6. The van der Waals surface area contributed by atoms with Gasteiger partial charge in [-0.25, -0.2) is 0 Å². The summed E-state index contributed by atoms with van der Waals surface area (Å²) in [6.07, 6.45) is -10.2. The molecule has 0 saturated carbocycles. The molecule has 0 heterocycles. The molecule has 0 aromatic carbocycles. The topological polar surface area (TPSA) is 165 Å². The van der Waals surface area contributed by atoms with Gasteiger partial charge in [-0.05, 0) is 0 Å². The summed E-state index contributed by atoms with van der Waals surface area (Å²) in [4.78, 5) is 21.4. The smallest absolute Gasteiger partial charge is 0.151 e. The van der Waals surface area contributed by atoms with Crippen LogP contribution in [0, 0.1) is 0 Å². The van der Waals surface area contributed by atoms with Crippen LogP contribution in [0.1, 0.15) is 0 Å². The third kappa shape index (κ3) is 5.28. The first-order chi connectivity index (χ1) is 8.92. The van der Waals surface area contributed by atoms with Gasteiger partial charge in [0.1, 0.15) is 36.6 Å². The van der Waals surface area contributed by atoms with Gasteiger partial charge in [0.2, 0.25) is 0 Å². The Bertz CT molecular complexity index is 246. The van der Waals surface area contributed by atoms with Crippen LogP contribution in [-0.2, 0) is 14.3 Å². The summed E-state index contributed by atoms with van der Waals surface area (Å²) in [5.41, 5.74) is 0. The molecule has 0 aliphatic rings. The van der Waals surface area contributed by atoms with Gasteiger partial charge in [-0.2, -0.15) is 0 Å². The molecule has 0 aliphatic heterocycles. The van der Waals surface area contributed by atoms with Crippen molar-refractivity contribution in [3.05, 3.63) is 0 Å². The maximum absolute atomic E-state index is 10.7. The van der Waals surface area contributed by atoms with Crippen molar-refractivity contribution in [3.63, 3.8) is 0 Å². The van der Waals surface area contributed by atoms with Gasteiger partial charge in [0.05, 0.1) is 13.2 Å². The van der Waals surface area contributed by atoms with Gasteiger partial charge in [0, 0.05) is 0 Å². The molecular formula is C10H18O9. The van der Waals surface area contributed by atoms with Crippen LogP contribution in [0.3, 0.4) is 0 Å². The van der Waals surface area contributed by atoms with Crippen LogP contribution in [0.4, 0.5) is 0 Å². The maximum atomic E-state index is 10.7. The Morgan fingerprint density at radius 2 is 1.11 bits per heavy atom. The molecule has 0 aromatic rings. The van der Waals surface area contributed by atoms with E-state index in [0.29, 0.717) is 0 Å². The number of aliphatic hydroxyl groups is 6. The van der Waals surface area contributed by atoms with Crippen molar-refractivity contribution in [3.8, 4) is 0 Å². The van der Waals surface area contributed by atoms with Gasteiger partial charge in [0.15, 0.2) is 12.6 Å². The Balaban J connectivity index is 4.73. The number of aldehydes is 2. The molecule has 19 heavy (non-hydrogen) atoms. The summed E-state index contributed by atoms with van der Waals surface area (Å²) >= 11 is 0. The molecule has 9 nitrogen and oxygen atoms in total. The predicted octanol–water partition coefficient (Wildman–Crippen LogP) is -4.43. The molecule has 0 aliphatic carbocycles. The number of hydrogen-bond acceptors (Lipinski definition) is 9. The first-order valence-corrected chi connectivity index (χ1v) is 5.42. The average Bonchev–Trinajstić information content (AvgIpc) is 2.45. The van der Waals surface area contributed by atoms with E-state index >= 15 is 0 Å². The Morgan fingerprint density at radius 3 is 1.32 bits per heavy atom. The van der Waals surface area contributed by atoms with E-state index in [4.69, 9.17) is 25.2 Å². The van der Waals surface area contributed by atoms with E-state index in [2.05, 4.69) is 0 Å². The summed E-state index contributed by atoms with van der Waals surface area (Å²) in [5, 5.41) is 54.3. The van der Waals surface area contributed by atoms with E-state index < -0.39 is 49.8 Å². The van der Waals surface area contributed by atoms with Crippen LogP contribution in [-0.4, -0.2) is 93.0 Å². The molecule has 6 N–H and O–H groups in total. The van der Waals surface area contributed by atoms with Gasteiger partial charge >= 0.3 is 0 Å². The fraction of sp³-hybridized carbons (Fsp3) is 0.800. The minimum atomic E-state index is -1.82. The molecule has 0 unspecified atom stereocenters.